The number of carboxylic acids is 1. The van der Waals surface area contributed by atoms with E-state index in [1.165, 1.54) is 49.5 Å². The molecule has 0 aromatic heterocycles. The maximum atomic E-state index is 13.0. The summed E-state index contributed by atoms with van der Waals surface area (Å²) in [6.07, 6.45) is 0. The predicted molar refractivity (Wildman–Crippen MR) is 86.3 cm³/mol. The molecule has 0 bridgehead atoms. The average molecular weight is 353 g/mol. The number of ether oxygens (including phenoxy) is 1. The Kier molecular flexibility index (Phi) is 5.08. The molecule has 0 aliphatic carbocycles. The monoisotopic (exact) mass is 353 g/mol. The molecular formula is C16H16FNO5S. The Morgan fingerprint density at radius 1 is 1.21 bits per heavy atom. The SMILES string of the molecule is Cc1cc(S(=O)(=O)N(C)c2ccc(F)cc2)ccc1OCC(=O)O. The fourth-order valence-corrected chi connectivity index (χ4v) is 3.31. The topological polar surface area (TPSA) is 83.9 Å². The lowest BCUT2D eigenvalue weighted by atomic mass is 10.2. The van der Waals surface area contributed by atoms with Crippen LogP contribution in [0.5, 0.6) is 5.75 Å². The molecule has 128 valence electrons. The van der Waals surface area contributed by atoms with Crippen LogP contribution < -0.4 is 9.04 Å². The van der Waals surface area contributed by atoms with Crippen LogP contribution in [0.25, 0.3) is 0 Å². The second-order valence-corrected chi connectivity index (χ2v) is 7.03. The minimum atomic E-state index is -3.84. The van der Waals surface area contributed by atoms with Crippen molar-refractivity contribution in [3.63, 3.8) is 0 Å². The lowest BCUT2D eigenvalue weighted by Gasteiger charge is -2.20. The number of carboxylic acid groups (broad SMARTS) is 1. The third-order valence-electron chi connectivity index (χ3n) is 3.35. The minimum Gasteiger partial charge on any atom is -0.482 e. The van der Waals surface area contributed by atoms with Crippen LogP contribution in [0.4, 0.5) is 10.1 Å². The van der Waals surface area contributed by atoms with Gasteiger partial charge in [0.1, 0.15) is 11.6 Å². The molecule has 0 radical (unpaired) electrons. The Morgan fingerprint density at radius 3 is 2.38 bits per heavy atom. The summed E-state index contributed by atoms with van der Waals surface area (Å²) < 4.78 is 44.4. The van der Waals surface area contributed by atoms with Crippen LogP contribution in [0, 0.1) is 12.7 Å². The van der Waals surface area contributed by atoms with E-state index in [-0.39, 0.29) is 4.90 Å². The standard InChI is InChI=1S/C16H16FNO5S/c1-11-9-14(7-8-15(11)23-10-16(19)20)24(21,22)18(2)13-5-3-12(17)4-6-13/h3-9H,10H2,1-2H3,(H,19,20). The Morgan fingerprint density at radius 2 is 1.83 bits per heavy atom. The van der Waals surface area contributed by atoms with E-state index < -0.39 is 28.4 Å². The molecule has 0 aliphatic rings. The third-order valence-corrected chi connectivity index (χ3v) is 5.13. The molecule has 0 atom stereocenters. The molecule has 0 amide bonds. The van der Waals surface area contributed by atoms with Gasteiger partial charge in [0, 0.05) is 7.05 Å². The number of aryl methyl sites for hydroxylation is 1. The van der Waals surface area contributed by atoms with Crippen LogP contribution in [-0.2, 0) is 14.8 Å². The van der Waals surface area contributed by atoms with E-state index in [0.717, 1.165) is 4.31 Å². The van der Waals surface area contributed by atoms with Crippen molar-refractivity contribution in [2.24, 2.45) is 0 Å². The highest BCUT2D eigenvalue weighted by atomic mass is 32.2. The van der Waals surface area contributed by atoms with Crippen molar-refractivity contribution in [3.05, 3.63) is 53.8 Å². The molecule has 2 rings (SSSR count). The molecule has 0 unspecified atom stereocenters. The van der Waals surface area contributed by atoms with Gasteiger partial charge in [0.05, 0.1) is 10.6 Å². The summed E-state index contributed by atoms with van der Waals surface area (Å²) in [5, 5.41) is 8.61. The first-order valence-corrected chi connectivity index (χ1v) is 8.35. The van der Waals surface area contributed by atoms with Gasteiger partial charge in [-0.25, -0.2) is 17.6 Å². The fraction of sp³-hybridized carbons (Fsp3) is 0.188. The number of rotatable bonds is 6. The quantitative estimate of drug-likeness (QED) is 0.862. The number of aliphatic carboxylic acids is 1. The highest BCUT2D eigenvalue weighted by Crippen LogP contribution is 2.26. The van der Waals surface area contributed by atoms with Crippen LogP contribution in [0.2, 0.25) is 0 Å². The van der Waals surface area contributed by atoms with Crippen molar-refractivity contribution in [2.75, 3.05) is 18.0 Å². The predicted octanol–water partition coefficient (Wildman–Crippen LogP) is 2.42. The van der Waals surface area contributed by atoms with Crippen LogP contribution in [0.1, 0.15) is 5.56 Å². The number of carbonyl (C=O) groups is 1. The Hall–Kier alpha value is -2.61. The van der Waals surface area contributed by atoms with Gasteiger partial charge in [0.15, 0.2) is 6.61 Å². The average Bonchev–Trinajstić information content (AvgIpc) is 2.53. The maximum absolute atomic E-state index is 13.0. The molecule has 0 saturated heterocycles. The Bertz CT molecular complexity index is 849. The van der Waals surface area contributed by atoms with Gasteiger partial charge in [-0.15, -0.1) is 0 Å². The molecule has 0 fully saturated rings. The van der Waals surface area contributed by atoms with E-state index >= 15 is 0 Å². The van der Waals surface area contributed by atoms with Gasteiger partial charge in [-0.05, 0) is 55.0 Å². The largest absolute Gasteiger partial charge is 0.482 e. The van der Waals surface area contributed by atoms with Gasteiger partial charge < -0.3 is 9.84 Å². The first-order valence-electron chi connectivity index (χ1n) is 6.91. The van der Waals surface area contributed by atoms with Gasteiger partial charge in [-0.3, -0.25) is 4.31 Å². The lowest BCUT2D eigenvalue weighted by Crippen LogP contribution is -2.26. The second-order valence-electron chi connectivity index (χ2n) is 5.06. The normalized spacial score (nSPS) is 11.1. The van der Waals surface area contributed by atoms with E-state index in [1.54, 1.807) is 6.92 Å². The Balaban J connectivity index is 2.30. The number of halogens is 1. The zero-order valence-corrected chi connectivity index (χ0v) is 13.9. The van der Waals surface area contributed by atoms with E-state index in [4.69, 9.17) is 9.84 Å². The Labute approximate surface area is 139 Å². The van der Waals surface area contributed by atoms with E-state index in [2.05, 4.69) is 0 Å². The zero-order chi connectivity index (χ0) is 17.9. The summed E-state index contributed by atoms with van der Waals surface area (Å²) in [5.41, 5.74) is 0.810. The van der Waals surface area contributed by atoms with Crippen molar-refractivity contribution in [1.29, 1.82) is 0 Å². The summed E-state index contributed by atoms with van der Waals surface area (Å²) in [4.78, 5) is 10.5. The smallest absolute Gasteiger partial charge is 0.341 e. The van der Waals surface area contributed by atoms with E-state index in [0.29, 0.717) is 17.0 Å². The van der Waals surface area contributed by atoms with E-state index in [9.17, 15) is 17.6 Å². The van der Waals surface area contributed by atoms with Crippen molar-refractivity contribution in [2.45, 2.75) is 11.8 Å². The summed E-state index contributed by atoms with van der Waals surface area (Å²) >= 11 is 0. The van der Waals surface area contributed by atoms with Crippen LogP contribution in [0.3, 0.4) is 0 Å². The number of benzene rings is 2. The van der Waals surface area contributed by atoms with Crippen LogP contribution in [-0.4, -0.2) is 33.1 Å². The molecule has 8 heteroatoms. The summed E-state index contributed by atoms with van der Waals surface area (Å²) in [6.45, 7) is 1.11. The molecule has 24 heavy (non-hydrogen) atoms. The van der Waals surface area contributed by atoms with Gasteiger partial charge >= 0.3 is 5.97 Å². The summed E-state index contributed by atoms with van der Waals surface area (Å²) in [7, 11) is -2.47. The molecule has 2 aromatic carbocycles. The first-order chi connectivity index (χ1) is 11.2. The molecule has 2 aromatic rings. The van der Waals surface area contributed by atoms with Gasteiger partial charge in [-0.1, -0.05) is 0 Å². The molecule has 0 aliphatic heterocycles. The fourth-order valence-electron chi connectivity index (χ4n) is 2.03. The molecular weight excluding hydrogens is 337 g/mol. The second kappa shape index (κ2) is 6.88. The first kappa shape index (κ1) is 17.7. The van der Waals surface area contributed by atoms with E-state index in [1.807, 2.05) is 0 Å². The summed E-state index contributed by atoms with van der Waals surface area (Å²) in [5.74, 6) is -1.29. The highest BCUT2D eigenvalue weighted by Gasteiger charge is 2.22. The van der Waals surface area contributed by atoms with Gasteiger partial charge in [0.25, 0.3) is 10.0 Å². The number of sulfonamides is 1. The third kappa shape index (κ3) is 3.83. The van der Waals surface area contributed by atoms with Gasteiger partial charge in [-0.2, -0.15) is 0 Å². The zero-order valence-electron chi connectivity index (χ0n) is 13.1. The van der Waals surface area contributed by atoms with Crippen molar-refractivity contribution in [3.8, 4) is 5.75 Å². The number of anilines is 1. The number of hydrogen-bond donors (Lipinski definition) is 1. The highest BCUT2D eigenvalue weighted by molar-refractivity contribution is 7.92. The molecule has 6 nitrogen and oxygen atoms in total. The number of hydrogen-bond acceptors (Lipinski definition) is 4. The molecule has 0 spiro atoms. The minimum absolute atomic E-state index is 0.0227. The van der Waals surface area contributed by atoms with Crippen LogP contribution >= 0.6 is 0 Å². The maximum Gasteiger partial charge on any atom is 0.341 e. The molecule has 0 saturated carbocycles. The summed E-state index contributed by atoms with van der Waals surface area (Å²) in [6, 6.07) is 9.22. The van der Waals surface area contributed by atoms with Crippen molar-refractivity contribution < 1.29 is 27.4 Å². The van der Waals surface area contributed by atoms with Crippen molar-refractivity contribution >= 4 is 21.7 Å². The number of nitrogens with zero attached hydrogens (tertiary/aromatic N) is 1. The molecule has 0 heterocycles. The molecule has 1 N–H and O–H groups in total. The van der Waals surface area contributed by atoms with Crippen LogP contribution in [0.15, 0.2) is 47.4 Å². The lowest BCUT2D eigenvalue weighted by molar-refractivity contribution is -0.139. The van der Waals surface area contributed by atoms with Crippen molar-refractivity contribution in [1.82, 2.24) is 0 Å². The van der Waals surface area contributed by atoms with Gasteiger partial charge in [0.2, 0.25) is 0 Å².